The Kier molecular flexibility index (Phi) is 3.36. The molecule has 0 aliphatic carbocycles. The summed E-state index contributed by atoms with van der Waals surface area (Å²) in [6, 6.07) is 10.4. The van der Waals surface area contributed by atoms with Crippen molar-refractivity contribution >= 4 is 11.0 Å². The third-order valence-corrected chi connectivity index (χ3v) is 3.69. The van der Waals surface area contributed by atoms with Crippen LogP contribution in [-0.4, -0.2) is 7.05 Å². The zero-order valence-electron chi connectivity index (χ0n) is 12.1. The molecule has 3 rings (SSSR count). The van der Waals surface area contributed by atoms with Gasteiger partial charge in [-0.3, -0.25) is 0 Å². The molecule has 0 aliphatic heterocycles. The molecule has 2 heterocycles. The van der Waals surface area contributed by atoms with Gasteiger partial charge in [0.1, 0.15) is 17.1 Å². The molecule has 0 fully saturated rings. The van der Waals surface area contributed by atoms with E-state index < -0.39 is 0 Å². The highest BCUT2D eigenvalue weighted by molar-refractivity contribution is 5.83. The van der Waals surface area contributed by atoms with Gasteiger partial charge in [0, 0.05) is 22.9 Å². The molecule has 0 aliphatic rings. The largest absolute Gasteiger partial charge is 0.469 e. The topological polar surface area (TPSA) is 38.3 Å². The van der Waals surface area contributed by atoms with Gasteiger partial charge in [0.2, 0.25) is 0 Å². The number of furan rings is 2. The summed E-state index contributed by atoms with van der Waals surface area (Å²) < 4.78 is 11.4. The van der Waals surface area contributed by atoms with Crippen molar-refractivity contribution in [3.63, 3.8) is 0 Å². The first-order valence-electron chi connectivity index (χ1n) is 6.97. The van der Waals surface area contributed by atoms with E-state index in [1.54, 1.807) is 0 Å². The maximum absolute atomic E-state index is 5.99. The van der Waals surface area contributed by atoms with E-state index in [2.05, 4.69) is 24.4 Å². The van der Waals surface area contributed by atoms with Gasteiger partial charge in [-0.1, -0.05) is 25.1 Å². The van der Waals surface area contributed by atoms with Crippen molar-refractivity contribution in [3.05, 3.63) is 59.2 Å². The minimum atomic E-state index is 0.0889. The second-order valence-corrected chi connectivity index (χ2v) is 5.00. The highest BCUT2D eigenvalue weighted by Crippen LogP contribution is 2.35. The number of nitrogens with one attached hydrogen (secondary N) is 1. The van der Waals surface area contributed by atoms with Crippen molar-refractivity contribution < 1.29 is 8.83 Å². The molecule has 1 unspecified atom stereocenters. The number of rotatable bonds is 4. The lowest BCUT2D eigenvalue weighted by atomic mass is 9.97. The van der Waals surface area contributed by atoms with Gasteiger partial charge in [-0.05, 0) is 26.1 Å². The van der Waals surface area contributed by atoms with E-state index in [1.165, 1.54) is 10.9 Å². The molecule has 0 amide bonds. The molecule has 1 N–H and O–H groups in total. The molecule has 0 saturated heterocycles. The number of para-hydroxylation sites is 1. The summed E-state index contributed by atoms with van der Waals surface area (Å²) in [5, 5.41) is 4.55. The number of aryl methyl sites for hydroxylation is 2. The minimum absolute atomic E-state index is 0.0889. The van der Waals surface area contributed by atoms with Crippen LogP contribution in [0, 0.1) is 6.92 Å². The Hall–Kier alpha value is -2.00. The van der Waals surface area contributed by atoms with Gasteiger partial charge in [0.15, 0.2) is 0 Å². The van der Waals surface area contributed by atoms with Crippen LogP contribution in [0.15, 0.2) is 45.4 Å². The van der Waals surface area contributed by atoms with Gasteiger partial charge in [-0.2, -0.15) is 0 Å². The van der Waals surface area contributed by atoms with Crippen LogP contribution in [0.2, 0.25) is 0 Å². The summed E-state index contributed by atoms with van der Waals surface area (Å²) >= 11 is 0. The van der Waals surface area contributed by atoms with Gasteiger partial charge in [-0.25, -0.2) is 0 Å². The Morgan fingerprint density at radius 3 is 2.70 bits per heavy atom. The zero-order valence-corrected chi connectivity index (χ0v) is 12.1. The molecule has 0 bridgehead atoms. The molecular formula is C17H19NO2. The fraction of sp³-hybridized carbons (Fsp3) is 0.294. The van der Waals surface area contributed by atoms with Crippen LogP contribution >= 0.6 is 0 Å². The van der Waals surface area contributed by atoms with Crippen molar-refractivity contribution in [2.75, 3.05) is 7.05 Å². The van der Waals surface area contributed by atoms with Crippen LogP contribution in [0.3, 0.4) is 0 Å². The van der Waals surface area contributed by atoms with Crippen LogP contribution in [0.4, 0.5) is 0 Å². The highest BCUT2D eigenvalue weighted by Gasteiger charge is 2.23. The molecule has 0 spiro atoms. The first-order valence-corrected chi connectivity index (χ1v) is 6.97. The Bertz CT molecular complexity index is 724. The average molecular weight is 269 g/mol. The van der Waals surface area contributed by atoms with E-state index in [0.717, 1.165) is 29.1 Å². The Morgan fingerprint density at radius 1 is 1.25 bits per heavy atom. The predicted molar refractivity (Wildman–Crippen MR) is 79.9 cm³/mol. The molecule has 3 heteroatoms. The smallest absolute Gasteiger partial charge is 0.134 e. The van der Waals surface area contributed by atoms with Gasteiger partial charge < -0.3 is 14.2 Å². The van der Waals surface area contributed by atoms with E-state index in [4.69, 9.17) is 8.83 Å². The summed E-state index contributed by atoms with van der Waals surface area (Å²) in [5.41, 5.74) is 3.29. The third kappa shape index (κ3) is 2.04. The third-order valence-electron chi connectivity index (χ3n) is 3.69. The monoisotopic (exact) mass is 269 g/mol. The second-order valence-electron chi connectivity index (χ2n) is 5.00. The first kappa shape index (κ1) is 13.0. The van der Waals surface area contributed by atoms with Crippen molar-refractivity contribution in [1.29, 1.82) is 0 Å². The molecule has 0 saturated carbocycles. The van der Waals surface area contributed by atoms with Crippen molar-refractivity contribution in [3.8, 4) is 0 Å². The second kappa shape index (κ2) is 5.17. The average Bonchev–Trinajstić information content (AvgIpc) is 3.05. The lowest BCUT2D eigenvalue weighted by Crippen LogP contribution is -2.18. The summed E-state index contributed by atoms with van der Waals surface area (Å²) in [7, 11) is 1.97. The van der Waals surface area contributed by atoms with E-state index in [1.807, 2.05) is 38.4 Å². The van der Waals surface area contributed by atoms with Crippen LogP contribution in [0.1, 0.15) is 35.6 Å². The normalized spacial score (nSPS) is 12.9. The Balaban J connectivity index is 2.20. The molecule has 2 aromatic heterocycles. The van der Waals surface area contributed by atoms with Crippen LogP contribution in [0.5, 0.6) is 0 Å². The first-order chi connectivity index (χ1) is 9.74. The SMILES string of the molecule is CCc1oc2ccccc2c1C(NC)c1coc(C)c1. The molecule has 0 radical (unpaired) electrons. The minimum Gasteiger partial charge on any atom is -0.469 e. The van der Waals surface area contributed by atoms with Crippen molar-refractivity contribution in [1.82, 2.24) is 5.32 Å². The van der Waals surface area contributed by atoms with Gasteiger partial charge >= 0.3 is 0 Å². The number of benzene rings is 1. The fourth-order valence-electron chi connectivity index (χ4n) is 2.79. The van der Waals surface area contributed by atoms with Crippen LogP contribution < -0.4 is 5.32 Å². The summed E-state index contributed by atoms with van der Waals surface area (Å²) in [6.45, 7) is 4.08. The molecule has 3 aromatic rings. The maximum atomic E-state index is 5.99. The van der Waals surface area contributed by atoms with E-state index in [9.17, 15) is 0 Å². The highest BCUT2D eigenvalue weighted by atomic mass is 16.3. The van der Waals surface area contributed by atoms with Crippen LogP contribution in [0.25, 0.3) is 11.0 Å². The molecule has 1 aromatic carbocycles. The number of hydrogen-bond donors (Lipinski definition) is 1. The Labute approximate surface area is 118 Å². The van der Waals surface area contributed by atoms with Crippen LogP contribution in [-0.2, 0) is 6.42 Å². The molecule has 1 atom stereocenters. The lowest BCUT2D eigenvalue weighted by molar-refractivity contribution is 0.522. The number of hydrogen-bond acceptors (Lipinski definition) is 3. The van der Waals surface area contributed by atoms with Crippen molar-refractivity contribution in [2.24, 2.45) is 0 Å². The zero-order chi connectivity index (χ0) is 14.1. The van der Waals surface area contributed by atoms with E-state index in [-0.39, 0.29) is 6.04 Å². The van der Waals surface area contributed by atoms with Gasteiger partial charge in [0.25, 0.3) is 0 Å². The van der Waals surface area contributed by atoms with Gasteiger partial charge in [-0.15, -0.1) is 0 Å². The molecule has 3 nitrogen and oxygen atoms in total. The molecule has 104 valence electrons. The number of fused-ring (bicyclic) bond motifs is 1. The fourth-order valence-corrected chi connectivity index (χ4v) is 2.79. The lowest BCUT2D eigenvalue weighted by Gasteiger charge is -2.15. The van der Waals surface area contributed by atoms with E-state index >= 15 is 0 Å². The Morgan fingerprint density at radius 2 is 2.05 bits per heavy atom. The van der Waals surface area contributed by atoms with Gasteiger partial charge in [0.05, 0.1) is 12.3 Å². The van der Waals surface area contributed by atoms with E-state index in [0.29, 0.717) is 0 Å². The maximum Gasteiger partial charge on any atom is 0.134 e. The predicted octanol–water partition coefficient (Wildman–Crippen LogP) is 4.21. The summed E-state index contributed by atoms with van der Waals surface area (Å²) in [5.74, 6) is 1.95. The summed E-state index contributed by atoms with van der Waals surface area (Å²) in [6.07, 6.45) is 2.69. The molecule has 20 heavy (non-hydrogen) atoms. The standard InChI is InChI=1S/C17H19NO2/c1-4-14-16(13-7-5-6-8-15(13)20-14)17(18-3)12-9-11(2)19-10-12/h5-10,17-18H,4H2,1-3H3. The molecular weight excluding hydrogens is 250 g/mol. The summed E-state index contributed by atoms with van der Waals surface area (Å²) in [4.78, 5) is 0. The van der Waals surface area contributed by atoms with Crippen molar-refractivity contribution in [2.45, 2.75) is 26.3 Å². The quantitative estimate of drug-likeness (QED) is 0.771.